The molecule has 1 aliphatic rings. The molecule has 1 saturated carbocycles. The van der Waals surface area contributed by atoms with Crippen LogP contribution in [0.3, 0.4) is 0 Å². The lowest BCUT2D eigenvalue weighted by Crippen LogP contribution is -2.20. The van der Waals surface area contributed by atoms with Gasteiger partial charge in [0.2, 0.25) is 0 Å². The van der Waals surface area contributed by atoms with Gasteiger partial charge in [-0.05, 0) is 37.8 Å². The summed E-state index contributed by atoms with van der Waals surface area (Å²) in [5.74, 6) is 2.20. The van der Waals surface area contributed by atoms with Crippen LogP contribution in [0.4, 0.5) is 0 Å². The van der Waals surface area contributed by atoms with Gasteiger partial charge in [-0.2, -0.15) is 0 Å². The second-order valence-electron chi connectivity index (χ2n) is 4.74. The number of rotatable bonds is 6. The van der Waals surface area contributed by atoms with Gasteiger partial charge in [-0.1, -0.05) is 18.0 Å². The van der Waals surface area contributed by atoms with Crippen molar-refractivity contribution in [3.63, 3.8) is 0 Å². The van der Waals surface area contributed by atoms with Crippen molar-refractivity contribution in [2.24, 2.45) is 11.7 Å². The third-order valence-electron chi connectivity index (χ3n) is 3.42. The van der Waals surface area contributed by atoms with E-state index in [2.05, 4.69) is 0 Å². The minimum atomic E-state index is 0.573. The van der Waals surface area contributed by atoms with E-state index in [1.807, 2.05) is 6.07 Å². The molecule has 2 rings (SSSR count). The van der Waals surface area contributed by atoms with Crippen LogP contribution in [-0.2, 0) is 6.42 Å². The number of ether oxygens (including phenoxy) is 2. The molecule has 1 aromatic rings. The predicted octanol–water partition coefficient (Wildman–Crippen LogP) is 3.03. The van der Waals surface area contributed by atoms with Gasteiger partial charge in [0.25, 0.3) is 0 Å². The van der Waals surface area contributed by atoms with Crippen LogP contribution in [0.5, 0.6) is 11.5 Å². The zero-order valence-corrected chi connectivity index (χ0v) is 11.5. The third-order valence-corrected chi connectivity index (χ3v) is 3.64. The predicted molar refractivity (Wildman–Crippen MR) is 73.6 cm³/mol. The Balaban J connectivity index is 2.16. The molecule has 2 N–H and O–H groups in total. The molecule has 18 heavy (non-hydrogen) atoms. The molecule has 4 heteroatoms. The van der Waals surface area contributed by atoms with Gasteiger partial charge >= 0.3 is 0 Å². The molecule has 100 valence electrons. The Morgan fingerprint density at radius 1 is 1.39 bits per heavy atom. The summed E-state index contributed by atoms with van der Waals surface area (Å²) < 4.78 is 11.3. The van der Waals surface area contributed by atoms with E-state index >= 15 is 0 Å². The van der Waals surface area contributed by atoms with Crippen molar-refractivity contribution >= 4 is 11.6 Å². The molecule has 1 aromatic carbocycles. The molecule has 0 aromatic heterocycles. The van der Waals surface area contributed by atoms with E-state index in [1.54, 1.807) is 13.2 Å². The van der Waals surface area contributed by atoms with Crippen molar-refractivity contribution in [3.05, 3.63) is 22.7 Å². The molecule has 0 radical (unpaired) electrons. The second kappa shape index (κ2) is 6.30. The highest BCUT2D eigenvalue weighted by molar-refractivity contribution is 6.30. The van der Waals surface area contributed by atoms with Crippen molar-refractivity contribution < 1.29 is 9.47 Å². The third kappa shape index (κ3) is 3.09. The molecule has 3 nitrogen and oxygen atoms in total. The SMILES string of the molecule is COc1cc(Cl)cc(CCN)c1OCC1CCC1. The Bertz CT molecular complexity index is 405. The van der Waals surface area contributed by atoms with E-state index in [1.165, 1.54) is 19.3 Å². The molecule has 0 unspecified atom stereocenters. The van der Waals surface area contributed by atoms with Crippen LogP contribution in [0.2, 0.25) is 5.02 Å². The van der Waals surface area contributed by atoms with E-state index in [0.29, 0.717) is 23.2 Å². The van der Waals surface area contributed by atoms with E-state index in [0.717, 1.165) is 24.3 Å². The Hall–Kier alpha value is -0.930. The van der Waals surface area contributed by atoms with E-state index < -0.39 is 0 Å². The normalized spacial score (nSPS) is 15.3. The lowest BCUT2D eigenvalue weighted by molar-refractivity contribution is 0.174. The maximum absolute atomic E-state index is 6.06. The lowest BCUT2D eigenvalue weighted by Gasteiger charge is -2.26. The molecule has 0 amide bonds. The standard InChI is InChI=1S/C14H20ClNO2/c1-17-13-8-12(15)7-11(5-6-16)14(13)18-9-10-3-2-4-10/h7-8,10H,2-6,9,16H2,1H3. The Kier molecular flexibility index (Phi) is 4.72. The number of nitrogens with two attached hydrogens (primary N) is 1. The van der Waals surface area contributed by atoms with Crippen LogP contribution in [0.1, 0.15) is 24.8 Å². The zero-order chi connectivity index (χ0) is 13.0. The summed E-state index contributed by atoms with van der Waals surface area (Å²) in [6, 6.07) is 3.70. The van der Waals surface area contributed by atoms with Crippen LogP contribution >= 0.6 is 11.6 Å². The average Bonchev–Trinajstić information content (AvgIpc) is 2.29. The number of benzene rings is 1. The van der Waals surface area contributed by atoms with Crippen LogP contribution in [0.25, 0.3) is 0 Å². The highest BCUT2D eigenvalue weighted by atomic mass is 35.5. The Labute approximate surface area is 113 Å². The molecule has 0 saturated heterocycles. The first-order valence-corrected chi connectivity index (χ1v) is 6.81. The molecular weight excluding hydrogens is 250 g/mol. The molecule has 1 aliphatic carbocycles. The van der Waals surface area contributed by atoms with Crippen LogP contribution in [-0.4, -0.2) is 20.3 Å². The topological polar surface area (TPSA) is 44.5 Å². The summed E-state index contributed by atoms with van der Waals surface area (Å²) in [4.78, 5) is 0. The van der Waals surface area contributed by atoms with E-state index in [4.69, 9.17) is 26.8 Å². The quantitative estimate of drug-likeness (QED) is 0.863. The second-order valence-corrected chi connectivity index (χ2v) is 5.18. The van der Waals surface area contributed by atoms with Gasteiger partial charge in [-0.3, -0.25) is 0 Å². The Morgan fingerprint density at radius 2 is 2.17 bits per heavy atom. The van der Waals surface area contributed by atoms with Crippen LogP contribution < -0.4 is 15.2 Å². The van der Waals surface area contributed by atoms with Crippen molar-refractivity contribution in [1.82, 2.24) is 0 Å². The lowest BCUT2D eigenvalue weighted by atomic mass is 9.86. The van der Waals surface area contributed by atoms with Crippen molar-refractivity contribution in [1.29, 1.82) is 0 Å². The van der Waals surface area contributed by atoms with Gasteiger partial charge in [0.15, 0.2) is 11.5 Å². The number of halogens is 1. The molecule has 0 bridgehead atoms. The van der Waals surface area contributed by atoms with Crippen molar-refractivity contribution in [2.45, 2.75) is 25.7 Å². The van der Waals surface area contributed by atoms with E-state index in [9.17, 15) is 0 Å². The fraction of sp³-hybridized carbons (Fsp3) is 0.571. The monoisotopic (exact) mass is 269 g/mol. The van der Waals surface area contributed by atoms with Gasteiger partial charge in [0.05, 0.1) is 13.7 Å². The van der Waals surface area contributed by atoms with Gasteiger partial charge < -0.3 is 15.2 Å². The summed E-state index contributed by atoms with van der Waals surface area (Å²) in [6.45, 7) is 1.33. The van der Waals surface area contributed by atoms with Crippen molar-refractivity contribution in [2.75, 3.05) is 20.3 Å². The summed E-state index contributed by atoms with van der Waals surface area (Å²) in [6.07, 6.45) is 4.60. The zero-order valence-electron chi connectivity index (χ0n) is 10.7. The maximum Gasteiger partial charge on any atom is 0.164 e. The smallest absolute Gasteiger partial charge is 0.164 e. The molecule has 0 spiro atoms. The first-order valence-electron chi connectivity index (χ1n) is 6.44. The fourth-order valence-electron chi connectivity index (χ4n) is 2.14. The maximum atomic E-state index is 6.06. The summed E-state index contributed by atoms with van der Waals surface area (Å²) in [5, 5.41) is 0.659. The molecular formula is C14H20ClNO2. The molecule has 0 heterocycles. The average molecular weight is 270 g/mol. The first-order chi connectivity index (χ1) is 8.74. The molecule has 1 fully saturated rings. The number of methoxy groups -OCH3 is 1. The first kappa shape index (κ1) is 13.5. The molecule has 0 atom stereocenters. The summed E-state index contributed by atoms with van der Waals surface area (Å²) in [7, 11) is 1.63. The van der Waals surface area contributed by atoms with Gasteiger partial charge in [-0.25, -0.2) is 0 Å². The largest absolute Gasteiger partial charge is 0.493 e. The summed E-state index contributed by atoms with van der Waals surface area (Å²) in [5.41, 5.74) is 6.65. The highest BCUT2D eigenvalue weighted by Gasteiger charge is 2.20. The van der Waals surface area contributed by atoms with Crippen molar-refractivity contribution in [3.8, 4) is 11.5 Å². The van der Waals surface area contributed by atoms with Gasteiger partial charge in [-0.15, -0.1) is 0 Å². The fourth-order valence-corrected chi connectivity index (χ4v) is 2.37. The van der Waals surface area contributed by atoms with Crippen LogP contribution in [0, 0.1) is 5.92 Å². The van der Waals surface area contributed by atoms with Gasteiger partial charge in [0, 0.05) is 16.7 Å². The minimum Gasteiger partial charge on any atom is -0.493 e. The number of hydrogen-bond donors (Lipinski definition) is 1. The van der Waals surface area contributed by atoms with Crippen LogP contribution in [0.15, 0.2) is 12.1 Å². The van der Waals surface area contributed by atoms with E-state index in [-0.39, 0.29) is 0 Å². The highest BCUT2D eigenvalue weighted by Crippen LogP contribution is 2.36. The molecule has 0 aliphatic heterocycles. The van der Waals surface area contributed by atoms with Gasteiger partial charge in [0.1, 0.15) is 0 Å². The minimum absolute atomic E-state index is 0.573. The number of hydrogen-bond acceptors (Lipinski definition) is 3. The Morgan fingerprint density at radius 3 is 2.72 bits per heavy atom. The summed E-state index contributed by atoms with van der Waals surface area (Å²) >= 11 is 6.06.